The zero-order valence-electron chi connectivity index (χ0n) is 9.45. The Labute approximate surface area is 98.9 Å². The molecule has 0 aliphatic rings. The second-order valence-corrected chi connectivity index (χ2v) is 3.67. The van der Waals surface area contributed by atoms with Crippen LogP contribution in [-0.2, 0) is 11.5 Å². The molecular formula is C12H14N2O3. The lowest BCUT2D eigenvalue weighted by Crippen LogP contribution is -2.10. The van der Waals surface area contributed by atoms with Crippen molar-refractivity contribution >= 4 is 0 Å². The van der Waals surface area contributed by atoms with Crippen molar-refractivity contribution in [2.24, 2.45) is 0 Å². The van der Waals surface area contributed by atoms with Crippen LogP contribution in [0.25, 0.3) is 0 Å². The lowest BCUT2D eigenvalue weighted by molar-refractivity contribution is 0.117. The Morgan fingerprint density at radius 1 is 1.35 bits per heavy atom. The maximum atomic E-state index is 10.2. The summed E-state index contributed by atoms with van der Waals surface area (Å²) in [5.41, 5.74) is 0.673. The maximum absolute atomic E-state index is 10.2. The van der Waals surface area contributed by atoms with Gasteiger partial charge in [-0.2, -0.15) is 0 Å². The SMILES string of the molecule is COCn1ccnc1C(O)c1ccc(O)cc1. The number of aromatic nitrogens is 2. The monoisotopic (exact) mass is 234 g/mol. The second-order valence-electron chi connectivity index (χ2n) is 3.67. The van der Waals surface area contributed by atoms with E-state index in [1.165, 1.54) is 12.1 Å². The first-order valence-electron chi connectivity index (χ1n) is 5.19. The number of aliphatic hydroxyl groups is 1. The first kappa shape index (κ1) is 11.6. The van der Waals surface area contributed by atoms with E-state index in [2.05, 4.69) is 4.98 Å². The van der Waals surface area contributed by atoms with Crippen molar-refractivity contribution in [3.8, 4) is 5.75 Å². The predicted molar refractivity (Wildman–Crippen MR) is 61.4 cm³/mol. The Morgan fingerprint density at radius 3 is 2.71 bits per heavy atom. The van der Waals surface area contributed by atoms with Gasteiger partial charge < -0.3 is 19.5 Å². The van der Waals surface area contributed by atoms with Gasteiger partial charge in [-0.3, -0.25) is 0 Å². The number of methoxy groups -OCH3 is 1. The fraction of sp³-hybridized carbons (Fsp3) is 0.250. The van der Waals surface area contributed by atoms with E-state index in [0.717, 1.165) is 0 Å². The van der Waals surface area contributed by atoms with Crippen LogP contribution < -0.4 is 0 Å². The van der Waals surface area contributed by atoms with Gasteiger partial charge in [0.1, 0.15) is 24.4 Å². The number of ether oxygens (including phenoxy) is 1. The number of hydrogen-bond acceptors (Lipinski definition) is 4. The Kier molecular flexibility index (Phi) is 3.41. The van der Waals surface area contributed by atoms with Crippen LogP contribution in [0.3, 0.4) is 0 Å². The first-order valence-corrected chi connectivity index (χ1v) is 5.19. The number of nitrogens with zero attached hydrogens (tertiary/aromatic N) is 2. The third kappa shape index (κ3) is 2.46. The van der Waals surface area contributed by atoms with Crippen molar-refractivity contribution in [1.82, 2.24) is 9.55 Å². The van der Waals surface area contributed by atoms with Crippen LogP contribution in [0.1, 0.15) is 17.5 Å². The normalized spacial score (nSPS) is 12.6. The van der Waals surface area contributed by atoms with Crippen molar-refractivity contribution in [1.29, 1.82) is 0 Å². The molecule has 1 heterocycles. The minimum absolute atomic E-state index is 0.168. The summed E-state index contributed by atoms with van der Waals surface area (Å²) in [5, 5.41) is 19.3. The molecule has 2 N–H and O–H groups in total. The summed E-state index contributed by atoms with van der Waals surface area (Å²) in [4.78, 5) is 4.10. The standard InChI is InChI=1S/C12H14N2O3/c1-17-8-14-7-6-13-12(14)11(16)9-2-4-10(15)5-3-9/h2-7,11,15-16H,8H2,1H3. The van der Waals surface area contributed by atoms with E-state index in [0.29, 0.717) is 18.1 Å². The van der Waals surface area contributed by atoms with E-state index in [9.17, 15) is 10.2 Å². The second kappa shape index (κ2) is 4.99. The van der Waals surface area contributed by atoms with Gasteiger partial charge >= 0.3 is 0 Å². The van der Waals surface area contributed by atoms with Gasteiger partial charge in [-0.05, 0) is 17.7 Å². The van der Waals surface area contributed by atoms with Crippen LogP contribution in [0.4, 0.5) is 0 Å². The molecule has 17 heavy (non-hydrogen) atoms. The van der Waals surface area contributed by atoms with Crippen molar-refractivity contribution in [3.63, 3.8) is 0 Å². The van der Waals surface area contributed by atoms with Gasteiger partial charge in [-0.25, -0.2) is 4.98 Å². The van der Waals surface area contributed by atoms with Gasteiger partial charge in [0.25, 0.3) is 0 Å². The number of imidazole rings is 1. The summed E-state index contributed by atoms with van der Waals surface area (Å²) >= 11 is 0. The first-order chi connectivity index (χ1) is 8.22. The summed E-state index contributed by atoms with van der Waals surface area (Å²) < 4.78 is 6.72. The summed E-state index contributed by atoms with van der Waals surface area (Å²) in [5.74, 6) is 0.679. The number of phenolic OH excluding ortho intramolecular Hbond substituents is 1. The molecule has 90 valence electrons. The van der Waals surface area contributed by atoms with Gasteiger partial charge in [-0.15, -0.1) is 0 Å². The Morgan fingerprint density at radius 2 is 2.06 bits per heavy atom. The summed E-state index contributed by atoms with van der Waals surface area (Å²) in [6.45, 7) is 0.338. The molecular weight excluding hydrogens is 220 g/mol. The number of hydrogen-bond donors (Lipinski definition) is 2. The minimum atomic E-state index is -0.833. The van der Waals surface area contributed by atoms with Gasteiger partial charge in [0.15, 0.2) is 0 Å². The molecule has 1 aromatic heterocycles. The van der Waals surface area contributed by atoms with Crippen molar-refractivity contribution in [2.75, 3.05) is 7.11 Å². The molecule has 5 nitrogen and oxygen atoms in total. The fourth-order valence-corrected chi connectivity index (χ4v) is 1.62. The maximum Gasteiger partial charge on any atom is 0.144 e. The smallest absolute Gasteiger partial charge is 0.144 e. The summed E-state index contributed by atoms with van der Waals surface area (Å²) in [6, 6.07) is 6.38. The topological polar surface area (TPSA) is 67.5 Å². The molecule has 1 unspecified atom stereocenters. The third-order valence-electron chi connectivity index (χ3n) is 2.47. The van der Waals surface area contributed by atoms with E-state index >= 15 is 0 Å². The molecule has 0 radical (unpaired) electrons. The number of aromatic hydroxyl groups is 1. The fourth-order valence-electron chi connectivity index (χ4n) is 1.62. The van der Waals surface area contributed by atoms with Crippen LogP contribution in [0.5, 0.6) is 5.75 Å². The van der Waals surface area contributed by atoms with Crippen LogP contribution in [0, 0.1) is 0 Å². The van der Waals surface area contributed by atoms with Crippen LogP contribution in [0.2, 0.25) is 0 Å². The number of phenols is 1. The zero-order valence-corrected chi connectivity index (χ0v) is 9.45. The van der Waals surface area contributed by atoms with Gasteiger partial charge in [0.05, 0.1) is 0 Å². The molecule has 2 rings (SSSR count). The molecule has 0 aliphatic heterocycles. The Hall–Kier alpha value is -1.85. The van der Waals surface area contributed by atoms with Crippen LogP contribution in [-0.4, -0.2) is 26.9 Å². The van der Waals surface area contributed by atoms with Gasteiger partial charge in [-0.1, -0.05) is 12.1 Å². The molecule has 0 spiro atoms. The molecule has 1 aromatic carbocycles. The summed E-state index contributed by atoms with van der Waals surface area (Å²) in [6.07, 6.45) is 2.52. The van der Waals surface area contributed by atoms with Crippen molar-refractivity contribution < 1.29 is 14.9 Å². The van der Waals surface area contributed by atoms with Gasteiger partial charge in [0.2, 0.25) is 0 Å². The quantitative estimate of drug-likeness (QED) is 0.836. The lowest BCUT2D eigenvalue weighted by Gasteiger charge is -2.13. The van der Waals surface area contributed by atoms with Crippen molar-refractivity contribution in [2.45, 2.75) is 12.8 Å². The molecule has 0 saturated heterocycles. The zero-order chi connectivity index (χ0) is 12.3. The molecule has 1 atom stereocenters. The van der Waals surface area contributed by atoms with E-state index in [1.807, 2.05) is 0 Å². The lowest BCUT2D eigenvalue weighted by atomic mass is 10.1. The molecule has 5 heteroatoms. The summed E-state index contributed by atoms with van der Waals surface area (Å²) in [7, 11) is 1.58. The number of aliphatic hydroxyl groups excluding tert-OH is 1. The van der Waals surface area contributed by atoms with E-state index in [4.69, 9.17) is 4.74 Å². The molecule has 0 bridgehead atoms. The average molecular weight is 234 g/mol. The van der Waals surface area contributed by atoms with E-state index in [-0.39, 0.29) is 5.75 Å². The highest BCUT2D eigenvalue weighted by Crippen LogP contribution is 2.22. The number of rotatable bonds is 4. The Balaban J connectivity index is 2.26. The van der Waals surface area contributed by atoms with Crippen LogP contribution >= 0.6 is 0 Å². The molecule has 0 aliphatic carbocycles. The van der Waals surface area contributed by atoms with E-state index in [1.54, 1.807) is 36.2 Å². The number of benzene rings is 1. The van der Waals surface area contributed by atoms with Crippen LogP contribution in [0.15, 0.2) is 36.7 Å². The minimum Gasteiger partial charge on any atom is -0.508 e. The van der Waals surface area contributed by atoms with Gasteiger partial charge in [0, 0.05) is 19.5 Å². The highest BCUT2D eigenvalue weighted by molar-refractivity contribution is 5.29. The molecule has 2 aromatic rings. The largest absolute Gasteiger partial charge is 0.508 e. The molecule has 0 fully saturated rings. The molecule has 0 saturated carbocycles. The predicted octanol–water partition coefficient (Wildman–Crippen LogP) is 1.27. The average Bonchev–Trinajstić information content (AvgIpc) is 2.78. The highest BCUT2D eigenvalue weighted by Gasteiger charge is 2.15. The van der Waals surface area contributed by atoms with Crippen molar-refractivity contribution in [3.05, 3.63) is 48.0 Å². The third-order valence-corrected chi connectivity index (χ3v) is 2.47. The van der Waals surface area contributed by atoms with E-state index < -0.39 is 6.10 Å². The molecule has 0 amide bonds. The highest BCUT2D eigenvalue weighted by atomic mass is 16.5. The Bertz CT molecular complexity index is 479.